The van der Waals surface area contributed by atoms with Gasteiger partial charge in [-0.2, -0.15) is 13.2 Å². The number of benzene rings is 2. The van der Waals surface area contributed by atoms with Crippen LogP contribution in [0.25, 0.3) is 0 Å². The number of alkyl halides is 3. The minimum Gasteiger partial charge on any atom is -0.249 e. The molecule has 1 fully saturated rings. The van der Waals surface area contributed by atoms with Crippen molar-refractivity contribution in [3.63, 3.8) is 0 Å². The summed E-state index contributed by atoms with van der Waals surface area (Å²) in [5.41, 5.74) is 10.1. The van der Waals surface area contributed by atoms with Gasteiger partial charge in [-0.15, -0.1) is 0 Å². The van der Waals surface area contributed by atoms with Crippen LogP contribution in [0.3, 0.4) is 0 Å². The average Bonchev–Trinajstić information content (AvgIpc) is 2.75. The van der Waals surface area contributed by atoms with Gasteiger partial charge in [0.15, 0.2) is 0 Å². The Morgan fingerprint density at radius 1 is 0.933 bits per heavy atom. The first-order chi connectivity index (χ1) is 14.4. The molecule has 0 amide bonds. The topological polar surface area (TPSA) is 23.8 Å². The minimum atomic E-state index is -4.34. The van der Waals surface area contributed by atoms with Crippen LogP contribution < -0.4 is 5.73 Å². The third-order valence-corrected chi connectivity index (χ3v) is 5.91. The van der Waals surface area contributed by atoms with Crippen molar-refractivity contribution in [2.75, 3.05) is 0 Å². The second kappa shape index (κ2) is 10.7. The van der Waals surface area contributed by atoms with Gasteiger partial charge in [-0.1, -0.05) is 68.2 Å². The maximum Gasteiger partial charge on any atom is 0.416 e. The summed E-state index contributed by atoms with van der Waals surface area (Å²) >= 11 is 0. The molecule has 0 spiro atoms. The highest BCUT2D eigenvalue weighted by molar-refractivity contribution is 5.37. The molecule has 4 heteroatoms. The van der Waals surface area contributed by atoms with Gasteiger partial charge in [0.1, 0.15) is 0 Å². The van der Waals surface area contributed by atoms with Crippen molar-refractivity contribution in [2.24, 2.45) is 5.92 Å². The lowest BCUT2D eigenvalue weighted by Gasteiger charge is -2.20. The van der Waals surface area contributed by atoms with E-state index in [1.165, 1.54) is 57.1 Å². The van der Waals surface area contributed by atoms with E-state index in [0.29, 0.717) is 12.0 Å². The summed E-state index contributed by atoms with van der Waals surface area (Å²) in [6.45, 7) is 0. The van der Waals surface area contributed by atoms with Gasteiger partial charge < -0.3 is 0 Å². The standard InChI is InChI=1S/C26H29F3N/c27-26(28,29)24-17-15-23(16-18-24)25(30)19-22-13-11-21(12-14-22)10-6-2-5-9-20-7-3-1-4-8-20/h11-18,20,25,30H,1-5,7-9,19H2. The van der Waals surface area contributed by atoms with E-state index >= 15 is 0 Å². The highest BCUT2D eigenvalue weighted by Crippen LogP contribution is 2.30. The van der Waals surface area contributed by atoms with Gasteiger partial charge in [0.25, 0.3) is 0 Å². The van der Waals surface area contributed by atoms with E-state index < -0.39 is 17.8 Å². The maximum absolute atomic E-state index is 12.7. The normalized spacial score (nSPS) is 16.0. The molecule has 0 aliphatic heterocycles. The van der Waals surface area contributed by atoms with E-state index in [0.717, 1.165) is 35.6 Å². The molecule has 1 aliphatic rings. The Labute approximate surface area is 177 Å². The fourth-order valence-electron chi connectivity index (χ4n) is 4.10. The van der Waals surface area contributed by atoms with Gasteiger partial charge in [-0.05, 0) is 60.6 Å². The fraction of sp³-hybridized carbons (Fsp3) is 0.462. The molecule has 0 heterocycles. The first kappa shape index (κ1) is 22.4. The smallest absolute Gasteiger partial charge is 0.249 e. The van der Waals surface area contributed by atoms with Crippen molar-refractivity contribution in [3.8, 4) is 11.8 Å². The predicted octanol–water partition coefficient (Wildman–Crippen LogP) is 7.37. The molecular weight excluding hydrogens is 383 g/mol. The highest BCUT2D eigenvalue weighted by Gasteiger charge is 2.30. The monoisotopic (exact) mass is 412 g/mol. The molecule has 2 aromatic carbocycles. The largest absolute Gasteiger partial charge is 0.416 e. The molecular formula is C26H29F3N. The Balaban J connectivity index is 1.46. The highest BCUT2D eigenvalue weighted by atomic mass is 19.4. The molecule has 0 bridgehead atoms. The van der Waals surface area contributed by atoms with Crippen LogP contribution in [-0.2, 0) is 12.6 Å². The Kier molecular flexibility index (Phi) is 7.99. The van der Waals surface area contributed by atoms with Crippen LogP contribution >= 0.6 is 0 Å². The average molecular weight is 413 g/mol. The molecule has 2 aromatic rings. The zero-order chi connectivity index (χ0) is 21.4. The third kappa shape index (κ3) is 6.92. The van der Waals surface area contributed by atoms with Crippen molar-refractivity contribution in [2.45, 2.75) is 70.0 Å². The number of hydrogen-bond donors (Lipinski definition) is 0. The van der Waals surface area contributed by atoms with Crippen LogP contribution in [0.15, 0.2) is 48.5 Å². The lowest BCUT2D eigenvalue weighted by atomic mass is 9.86. The van der Waals surface area contributed by atoms with Crippen molar-refractivity contribution in [1.82, 2.24) is 5.73 Å². The zero-order valence-electron chi connectivity index (χ0n) is 17.3. The summed E-state index contributed by atoms with van der Waals surface area (Å²) < 4.78 is 38.0. The third-order valence-electron chi connectivity index (χ3n) is 5.91. The molecule has 1 radical (unpaired) electrons. The Bertz CT molecular complexity index is 835. The molecule has 1 saturated carbocycles. The van der Waals surface area contributed by atoms with E-state index in [1.807, 2.05) is 24.3 Å². The van der Waals surface area contributed by atoms with Crippen LogP contribution in [0.5, 0.6) is 0 Å². The van der Waals surface area contributed by atoms with Crippen LogP contribution in [0, 0.1) is 17.8 Å². The first-order valence-electron chi connectivity index (χ1n) is 10.9. The number of nitrogens with one attached hydrogen (secondary N) is 1. The molecule has 30 heavy (non-hydrogen) atoms. The number of rotatable bonds is 6. The summed E-state index contributed by atoms with van der Waals surface area (Å²) in [4.78, 5) is 0. The van der Waals surface area contributed by atoms with Crippen molar-refractivity contribution in [1.29, 1.82) is 0 Å². The summed E-state index contributed by atoms with van der Waals surface area (Å²) in [5, 5.41) is 0. The summed E-state index contributed by atoms with van der Waals surface area (Å²) in [5.74, 6) is 7.38. The molecule has 1 atom stereocenters. The lowest BCUT2D eigenvalue weighted by Crippen LogP contribution is -2.07. The number of halogens is 3. The number of hydrogen-bond acceptors (Lipinski definition) is 0. The van der Waals surface area contributed by atoms with E-state index in [9.17, 15) is 13.2 Å². The molecule has 3 rings (SSSR count). The zero-order valence-corrected chi connectivity index (χ0v) is 17.3. The summed E-state index contributed by atoms with van der Waals surface area (Å²) in [6, 6.07) is 12.1. The van der Waals surface area contributed by atoms with Crippen molar-refractivity contribution < 1.29 is 13.2 Å². The second-order valence-electron chi connectivity index (χ2n) is 8.27. The van der Waals surface area contributed by atoms with Crippen LogP contribution in [0.1, 0.15) is 79.7 Å². The molecule has 0 saturated heterocycles. The van der Waals surface area contributed by atoms with Gasteiger partial charge in [0, 0.05) is 12.0 Å². The SMILES string of the molecule is [NH]C(Cc1ccc(C#CCCCC2CCCCC2)cc1)c1ccc(C(F)(F)F)cc1. The first-order valence-corrected chi connectivity index (χ1v) is 10.9. The maximum atomic E-state index is 12.7. The van der Waals surface area contributed by atoms with Gasteiger partial charge >= 0.3 is 6.18 Å². The molecule has 1 nitrogen and oxygen atoms in total. The van der Waals surface area contributed by atoms with Gasteiger partial charge in [-0.3, -0.25) is 0 Å². The molecule has 0 aromatic heterocycles. The lowest BCUT2D eigenvalue weighted by molar-refractivity contribution is -0.137. The van der Waals surface area contributed by atoms with Gasteiger partial charge in [0.05, 0.1) is 11.6 Å². The summed E-state index contributed by atoms with van der Waals surface area (Å²) in [6.07, 6.45) is 6.46. The Morgan fingerprint density at radius 2 is 1.60 bits per heavy atom. The minimum absolute atomic E-state index is 0.459. The van der Waals surface area contributed by atoms with E-state index in [1.54, 1.807) is 0 Å². The van der Waals surface area contributed by atoms with Crippen molar-refractivity contribution in [3.05, 3.63) is 70.8 Å². The number of unbranched alkanes of at least 4 members (excludes halogenated alkanes) is 1. The fourth-order valence-corrected chi connectivity index (χ4v) is 4.10. The van der Waals surface area contributed by atoms with Gasteiger partial charge in [-0.25, -0.2) is 5.73 Å². The van der Waals surface area contributed by atoms with Crippen molar-refractivity contribution >= 4 is 0 Å². The Morgan fingerprint density at radius 3 is 2.23 bits per heavy atom. The van der Waals surface area contributed by atoms with Gasteiger partial charge in [0.2, 0.25) is 0 Å². The van der Waals surface area contributed by atoms with Crippen LogP contribution in [0.2, 0.25) is 0 Å². The molecule has 1 unspecified atom stereocenters. The van der Waals surface area contributed by atoms with E-state index in [2.05, 4.69) is 11.8 Å². The quantitative estimate of drug-likeness (QED) is 0.349. The Hall–Kier alpha value is -2.25. The van der Waals surface area contributed by atoms with Crippen LogP contribution in [-0.4, -0.2) is 0 Å². The van der Waals surface area contributed by atoms with E-state index in [4.69, 9.17) is 5.73 Å². The van der Waals surface area contributed by atoms with Crippen LogP contribution in [0.4, 0.5) is 13.2 Å². The molecule has 1 aliphatic carbocycles. The molecule has 1 N–H and O–H groups in total. The van der Waals surface area contributed by atoms with E-state index in [-0.39, 0.29) is 0 Å². The molecule has 159 valence electrons. The second-order valence-corrected chi connectivity index (χ2v) is 8.27. The summed E-state index contributed by atoms with van der Waals surface area (Å²) in [7, 11) is 0. The predicted molar refractivity (Wildman–Crippen MR) is 115 cm³/mol.